The molecule has 0 amide bonds. The summed E-state index contributed by atoms with van der Waals surface area (Å²) in [5.74, 6) is 0. The molecule has 0 aromatic heterocycles. The molecule has 0 bridgehead atoms. The van der Waals surface area contributed by atoms with Crippen molar-refractivity contribution in [3.05, 3.63) is 0 Å². The zero-order valence-electron chi connectivity index (χ0n) is 10.4. The Morgan fingerprint density at radius 2 is 1.57 bits per heavy atom. The van der Waals surface area contributed by atoms with Crippen molar-refractivity contribution < 1.29 is 0 Å². The van der Waals surface area contributed by atoms with E-state index in [9.17, 15) is 0 Å². The van der Waals surface area contributed by atoms with E-state index in [4.69, 9.17) is 0 Å². The van der Waals surface area contributed by atoms with Gasteiger partial charge in [-0.05, 0) is 13.5 Å². The van der Waals surface area contributed by atoms with Crippen LogP contribution < -0.4 is 4.98 Å². The van der Waals surface area contributed by atoms with E-state index in [-0.39, 0.29) is 0 Å². The first-order valence-electron chi connectivity index (χ1n) is 5.79. The molecule has 0 saturated carbocycles. The molecule has 1 aliphatic heterocycles. The fourth-order valence-corrected chi connectivity index (χ4v) is 5.60. The lowest BCUT2D eigenvalue weighted by atomic mass is 10.3. The Hall–Kier alpha value is 0.0969. The minimum absolute atomic E-state index is 0.630. The fraction of sp³-hybridized carbons (Fsp3) is 1.00. The minimum Gasteiger partial charge on any atom is -0.316 e. The van der Waals surface area contributed by atoms with Crippen LogP contribution in [0.5, 0.6) is 0 Å². The first kappa shape index (κ1) is 12.2. The van der Waals surface area contributed by atoms with Crippen LogP contribution in [0.2, 0.25) is 0 Å². The summed E-state index contributed by atoms with van der Waals surface area (Å²) < 4.78 is 5.31. The summed E-state index contributed by atoms with van der Waals surface area (Å²) in [5, 5.41) is 0. The Balaban J connectivity index is 2.63. The van der Waals surface area contributed by atoms with Crippen molar-refractivity contribution in [3.63, 3.8) is 0 Å². The van der Waals surface area contributed by atoms with Crippen LogP contribution in [0.1, 0.15) is 41.5 Å². The first-order valence-corrected chi connectivity index (χ1v) is 7.40. The van der Waals surface area contributed by atoms with Crippen LogP contribution in [-0.2, 0) is 0 Å². The Morgan fingerprint density at radius 1 is 1.14 bits per heavy atom. The summed E-state index contributed by atoms with van der Waals surface area (Å²) in [4.78, 5) is 3.67. The maximum Gasteiger partial charge on any atom is 0.272 e. The molecular formula is C10H25N3Si. The molecule has 0 atom stereocenters. The monoisotopic (exact) mass is 215 g/mol. The molecule has 84 valence electrons. The maximum absolute atomic E-state index is 3.67. The second-order valence-corrected chi connectivity index (χ2v) is 6.99. The van der Waals surface area contributed by atoms with E-state index in [0.29, 0.717) is 18.2 Å². The molecular weight excluding hydrogens is 190 g/mol. The molecule has 3 nitrogen and oxygen atoms in total. The van der Waals surface area contributed by atoms with Gasteiger partial charge >= 0.3 is 0 Å². The standard InChI is InChI=1S/C10H25N3Si/c1-7-11-14-12(8(2)3)10(6)13(14)9(4)5/h8-11,14H,7H2,1-6H3. The molecule has 0 aliphatic carbocycles. The second kappa shape index (κ2) is 4.75. The van der Waals surface area contributed by atoms with E-state index in [0.717, 1.165) is 6.54 Å². The maximum atomic E-state index is 3.67. The minimum atomic E-state index is -0.988. The number of nitrogens with zero attached hydrogens (tertiary/aromatic N) is 2. The zero-order valence-corrected chi connectivity index (χ0v) is 11.6. The second-order valence-electron chi connectivity index (χ2n) is 4.65. The van der Waals surface area contributed by atoms with Gasteiger partial charge in [0.2, 0.25) is 0 Å². The number of nitrogens with one attached hydrogen (secondary N) is 1. The van der Waals surface area contributed by atoms with Crippen LogP contribution in [0.4, 0.5) is 0 Å². The van der Waals surface area contributed by atoms with Gasteiger partial charge in [-0.15, -0.1) is 0 Å². The van der Waals surface area contributed by atoms with Gasteiger partial charge in [0.25, 0.3) is 9.28 Å². The molecule has 0 aromatic rings. The van der Waals surface area contributed by atoms with Gasteiger partial charge in [-0.3, -0.25) is 9.13 Å². The lowest BCUT2D eigenvalue weighted by Gasteiger charge is -2.59. The van der Waals surface area contributed by atoms with Crippen molar-refractivity contribution in [2.75, 3.05) is 6.54 Å². The predicted molar refractivity (Wildman–Crippen MR) is 64.2 cm³/mol. The van der Waals surface area contributed by atoms with Gasteiger partial charge in [-0.2, -0.15) is 0 Å². The molecule has 0 spiro atoms. The average Bonchev–Trinajstić information content (AvgIpc) is 2.01. The highest BCUT2D eigenvalue weighted by Gasteiger charge is 2.46. The van der Waals surface area contributed by atoms with Gasteiger partial charge in [0.15, 0.2) is 0 Å². The third kappa shape index (κ3) is 2.03. The molecule has 1 rings (SSSR count). The summed E-state index contributed by atoms with van der Waals surface area (Å²) in [7, 11) is -0.988. The van der Waals surface area contributed by atoms with Crippen molar-refractivity contribution >= 4 is 9.28 Å². The van der Waals surface area contributed by atoms with Crippen LogP contribution in [-0.4, -0.2) is 43.2 Å². The van der Waals surface area contributed by atoms with Crippen molar-refractivity contribution in [2.24, 2.45) is 0 Å². The van der Waals surface area contributed by atoms with Gasteiger partial charge in [-0.25, -0.2) is 0 Å². The highest BCUT2D eigenvalue weighted by atomic mass is 28.3. The van der Waals surface area contributed by atoms with Crippen LogP contribution >= 0.6 is 0 Å². The van der Waals surface area contributed by atoms with Gasteiger partial charge in [0, 0.05) is 12.1 Å². The van der Waals surface area contributed by atoms with Gasteiger partial charge in [0.05, 0.1) is 6.17 Å². The Labute approximate surface area is 90.3 Å². The van der Waals surface area contributed by atoms with E-state index >= 15 is 0 Å². The Bertz CT molecular complexity index is 168. The van der Waals surface area contributed by atoms with Crippen molar-refractivity contribution in [1.29, 1.82) is 0 Å². The van der Waals surface area contributed by atoms with Crippen molar-refractivity contribution in [3.8, 4) is 0 Å². The van der Waals surface area contributed by atoms with Crippen LogP contribution in [0, 0.1) is 0 Å². The van der Waals surface area contributed by atoms with Gasteiger partial charge in [0.1, 0.15) is 0 Å². The van der Waals surface area contributed by atoms with Gasteiger partial charge in [-0.1, -0.05) is 34.6 Å². The van der Waals surface area contributed by atoms with Crippen LogP contribution in [0.25, 0.3) is 0 Å². The SMILES string of the molecule is CCN[SiH]1N(C(C)C)C(C)N1C(C)C. The highest BCUT2D eigenvalue weighted by molar-refractivity contribution is 6.53. The summed E-state index contributed by atoms with van der Waals surface area (Å²) in [5.41, 5.74) is 0. The van der Waals surface area contributed by atoms with E-state index < -0.39 is 9.28 Å². The number of hydrogen-bond acceptors (Lipinski definition) is 3. The van der Waals surface area contributed by atoms with Crippen LogP contribution in [0.15, 0.2) is 0 Å². The molecule has 0 aromatic carbocycles. The molecule has 1 heterocycles. The zero-order chi connectivity index (χ0) is 10.9. The van der Waals surface area contributed by atoms with E-state index in [2.05, 4.69) is 55.7 Å². The highest BCUT2D eigenvalue weighted by Crippen LogP contribution is 2.26. The predicted octanol–water partition coefficient (Wildman–Crippen LogP) is 1.09. The molecule has 1 saturated heterocycles. The third-order valence-corrected chi connectivity index (χ3v) is 6.97. The topological polar surface area (TPSA) is 18.5 Å². The summed E-state index contributed by atoms with van der Waals surface area (Å²) in [6.45, 7) is 14.8. The normalized spacial score (nSPS) is 30.0. The number of rotatable bonds is 4. The quantitative estimate of drug-likeness (QED) is 0.708. The third-order valence-electron chi connectivity index (χ3n) is 3.01. The lowest BCUT2D eigenvalue weighted by molar-refractivity contribution is 0.0423. The molecule has 1 N–H and O–H groups in total. The number of hydrogen-bond donors (Lipinski definition) is 1. The van der Waals surface area contributed by atoms with Crippen LogP contribution in [0.3, 0.4) is 0 Å². The summed E-state index contributed by atoms with van der Waals surface area (Å²) in [6.07, 6.45) is 0.630. The largest absolute Gasteiger partial charge is 0.316 e. The summed E-state index contributed by atoms with van der Waals surface area (Å²) >= 11 is 0. The summed E-state index contributed by atoms with van der Waals surface area (Å²) in [6, 6.07) is 1.35. The van der Waals surface area contributed by atoms with Gasteiger partial charge < -0.3 is 4.98 Å². The lowest BCUT2D eigenvalue weighted by Crippen LogP contribution is -2.81. The smallest absolute Gasteiger partial charge is 0.272 e. The van der Waals surface area contributed by atoms with Crippen molar-refractivity contribution in [2.45, 2.75) is 59.8 Å². The first-order chi connectivity index (χ1) is 6.50. The Kier molecular flexibility index (Phi) is 4.12. The molecule has 14 heavy (non-hydrogen) atoms. The molecule has 1 aliphatic rings. The van der Waals surface area contributed by atoms with E-state index in [1.54, 1.807) is 0 Å². The fourth-order valence-electron chi connectivity index (χ4n) is 2.47. The van der Waals surface area contributed by atoms with Crippen molar-refractivity contribution in [1.82, 2.24) is 14.1 Å². The average molecular weight is 215 g/mol. The van der Waals surface area contributed by atoms with E-state index in [1.807, 2.05) is 0 Å². The Morgan fingerprint density at radius 3 is 1.86 bits per heavy atom. The molecule has 0 unspecified atom stereocenters. The molecule has 0 radical (unpaired) electrons. The molecule has 4 heteroatoms. The molecule has 1 fully saturated rings. The van der Waals surface area contributed by atoms with E-state index in [1.165, 1.54) is 0 Å².